The van der Waals surface area contributed by atoms with Gasteiger partial charge in [0.15, 0.2) is 5.78 Å². The zero-order chi connectivity index (χ0) is 19.0. The minimum atomic E-state index is -0.509. The number of esters is 1. The number of allylic oxidation sites excluding steroid dienone is 6. The second-order valence-electron chi connectivity index (χ2n) is 7.19. The average molecular weight is 356 g/mol. The third-order valence-electron chi connectivity index (χ3n) is 5.39. The predicted molar refractivity (Wildman–Crippen MR) is 97.4 cm³/mol. The summed E-state index contributed by atoms with van der Waals surface area (Å²) >= 11 is 0. The molecule has 0 aromatic rings. The lowest BCUT2D eigenvalue weighted by Gasteiger charge is -2.31. The van der Waals surface area contributed by atoms with Gasteiger partial charge in [0.2, 0.25) is 0 Å². The van der Waals surface area contributed by atoms with Crippen molar-refractivity contribution in [3.8, 4) is 0 Å². The molecule has 0 saturated carbocycles. The van der Waals surface area contributed by atoms with Crippen LogP contribution in [-0.4, -0.2) is 28.1 Å². The topological polar surface area (TPSA) is 83.8 Å². The Balaban J connectivity index is 2.03. The van der Waals surface area contributed by atoms with Crippen LogP contribution in [-0.2, 0) is 14.3 Å². The molecule has 0 aromatic heterocycles. The summed E-state index contributed by atoms with van der Waals surface area (Å²) in [4.78, 5) is 24.9. The number of ketones is 1. The molecule has 0 spiro atoms. The molecule has 3 unspecified atom stereocenters. The quantitative estimate of drug-likeness (QED) is 0.506. The second kappa shape index (κ2) is 6.98. The highest BCUT2D eigenvalue weighted by Crippen LogP contribution is 2.37. The minimum Gasteiger partial charge on any atom is -0.511 e. The zero-order valence-electron chi connectivity index (χ0n) is 15.3. The van der Waals surface area contributed by atoms with Gasteiger partial charge in [-0.3, -0.25) is 4.79 Å². The first-order valence-electron chi connectivity index (χ1n) is 8.93. The molecular formula is C21H24O5. The number of rotatable bonds is 0. The SMILES string of the molecule is CC1=CC2CCC3=C(O)C(C)C(OC3=O)C(C)=CCC=CC(=O)C2=C1O. The van der Waals surface area contributed by atoms with E-state index in [4.69, 9.17) is 4.74 Å². The number of carbonyl (C=O) groups is 2. The van der Waals surface area contributed by atoms with Gasteiger partial charge < -0.3 is 14.9 Å². The molecule has 0 fully saturated rings. The zero-order valence-corrected chi connectivity index (χ0v) is 15.3. The lowest BCUT2D eigenvalue weighted by molar-refractivity contribution is -0.147. The Hall–Kier alpha value is -2.56. The van der Waals surface area contributed by atoms with Gasteiger partial charge in [-0.25, -0.2) is 4.79 Å². The van der Waals surface area contributed by atoms with Gasteiger partial charge in [0.25, 0.3) is 0 Å². The number of hydrogen-bond donors (Lipinski definition) is 2. The van der Waals surface area contributed by atoms with Crippen molar-refractivity contribution < 1.29 is 24.5 Å². The number of hydrogen-bond acceptors (Lipinski definition) is 5. The van der Waals surface area contributed by atoms with E-state index in [-0.39, 0.29) is 41.1 Å². The normalized spacial score (nSPS) is 30.0. The first kappa shape index (κ1) is 18.2. The first-order chi connectivity index (χ1) is 12.3. The Kier molecular flexibility index (Phi) is 4.90. The van der Waals surface area contributed by atoms with Crippen molar-refractivity contribution >= 4 is 11.8 Å². The van der Waals surface area contributed by atoms with Gasteiger partial charge in [0.1, 0.15) is 17.6 Å². The van der Waals surface area contributed by atoms with Crippen molar-refractivity contribution in [2.75, 3.05) is 0 Å². The summed E-state index contributed by atoms with van der Waals surface area (Å²) in [5, 5.41) is 20.8. The van der Waals surface area contributed by atoms with E-state index in [1.54, 1.807) is 13.0 Å². The largest absolute Gasteiger partial charge is 0.511 e. The maximum absolute atomic E-state index is 12.5. The highest BCUT2D eigenvalue weighted by atomic mass is 16.5. The van der Waals surface area contributed by atoms with E-state index in [0.717, 1.165) is 5.57 Å². The van der Waals surface area contributed by atoms with Gasteiger partial charge in [-0.2, -0.15) is 0 Å². The monoisotopic (exact) mass is 356 g/mol. The predicted octanol–water partition coefficient (Wildman–Crippen LogP) is 4.00. The molecule has 3 atom stereocenters. The van der Waals surface area contributed by atoms with Crippen LogP contribution in [0, 0.1) is 11.8 Å². The maximum Gasteiger partial charge on any atom is 0.338 e. The number of carbonyl (C=O) groups excluding carboxylic acids is 2. The molecule has 2 bridgehead atoms. The smallest absolute Gasteiger partial charge is 0.338 e. The highest BCUT2D eigenvalue weighted by molar-refractivity contribution is 6.06. The van der Waals surface area contributed by atoms with E-state index < -0.39 is 12.1 Å². The molecule has 4 aliphatic rings. The second-order valence-corrected chi connectivity index (χ2v) is 7.19. The summed E-state index contributed by atoms with van der Waals surface area (Å²) in [5.74, 6) is -1.24. The van der Waals surface area contributed by atoms with E-state index in [9.17, 15) is 19.8 Å². The summed E-state index contributed by atoms with van der Waals surface area (Å²) in [7, 11) is 0. The molecule has 2 N–H and O–H groups in total. The fourth-order valence-corrected chi connectivity index (χ4v) is 3.84. The lowest BCUT2D eigenvalue weighted by atomic mass is 9.86. The van der Waals surface area contributed by atoms with E-state index in [2.05, 4.69) is 0 Å². The van der Waals surface area contributed by atoms with Gasteiger partial charge in [0, 0.05) is 11.5 Å². The van der Waals surface area contributed by atoms with Crippen LogP contribution in [0.5, 0.6) is 0 Å². The first-order valence-corrected chi connectivity index (χ1v) is 8.93. The fourth-order valence-electron chi connectivity index (χ4n) is 3.84. The van der Waals surface area contributed by atoms with E-state index in [1.807, 2.05) is 26.0 Å². The van der Waals surface area contributed by atoms with Crippen molar-refractivity contribution in [2.24, 2.45) is 11.8 Å². The summed E-state index contributed by atoms with van der Waals surface area (Å²) in [5.41, 5.74) is 2.11. The molecule has 0 saturated heterocycles. The maximum atomic E-state index is 12.5. The molecule has 0 radical (unpaired) electrons. The van der Waals surface area contributed by atoms with Gasteiger partial charge in [-0.15, -0.1) is 0 Å². The molecule has 0 aromatic carbocycles. The van der Waals surface area contributed by atoms with Gasteiger partial charge >= 0.3 is 5.97 Å². The minimum absolute atomic E-state index is 0.0151. The molecular weight excluding hydrogens is 332 g/mol. The standard InChI is InChI=1S/C21H24O5/c1-11-6-4-5-7-16(22)17-14(10-12(2)18(17)23)8-9-15-19(24)13(3)20(11)26-21(15)25/h5-7,10,13-14,20,23-24H,4,8-9H2,1-3H3. The molecule has 2 aliphatic heterocycles. The molecule has 2 heterocycles. The summed E-state index contributed by atoms with van der Waals surface area (Å²) in [6.45, 7) is 5.44. The number of ether oxygens (including phenoxy) is 1. The third kappa shape index (κ3) is 3.14. The average Bonchev–Trinajstić information content (AvgIpc) is 2.88. The van der Waals surface area contributed by atoms with Crippen LogP contribution in [0.1, 0.15) is 40.0 Å². The molecule has 0 amide bonds. The van der Waals surface area contributed by atoms with Crippen molar-refractivity contribution in [1.29, 1.82) is 0 Å². The van der Waals surface area contributed by atoms with Gasteiger partial charge in [0.05, 0.1) is 11.5 Å². The summed E-state index contributed by atoms with van der Waals surface area (Å²) < 4.78 is 5.57. The van der Waals surface area contributed by atoms with Crippen LogP contribution in [0.15, 0.2) is 58.1 Å². The van der Waals surface area contributed by atoms with Crippen LogP contribution in [0.4, 0.5) is 0 Å². The Labute approximate surface area is 153 Å². The third-order valence-corrected chi connectivity index (χ3v) is 5.39. The summed E-state index contributed by atoms with van der Waals surface area (Å²) in [6, 6.07) is 0. The highest BCUT2D eigenvalue weighted by Gasteiger charge is 2.37. The fraction of sp³-hybridized carbons (Fsp3) is 0.429. The Morgan fingerprint density at radius 2 is 1.92 bits per heavy atom. The molecule has 138 valence electrons. The van der Waals surface area contributed by atoms with E-state index >= 15 is 0 Å². The van der Waals surface area contributed by atoms with Gasteiger partial charge in [-0.05, 0) is 50.3 Å². The van der Waals surface area contributed by atoms with Crippen molar-refractivity contribution in [3.63, 3.8) is 0 Å². The van der Waals surface area contributed by atoms with Crippen molar-refractivity contribution in [1.82, 2.24) is 0 Å². The van der Waals surface area contributed by atoms with E-state index in [0.29, 0.717) is 24.0 Å². The summed E-state index contributed by atoms with van der Waals surface area (Å²) in [6.07, 6.45) is 7.68. The van der Waals surface area contributed by atoms with Crippen LogP contribution >= 0.6 is 0 Å². The van der Waals surface area contributed by atoms with Crippen LogP contribution < -0.4 is 0 Å². The molecule has 5 nitrogen and oxygen atoms in total. The molecule has 26 heavy (non-hydrogen) atoms. The number of fused-ring (bicyclic) bond motifs is 6. The number of aliphatic hydroxyl groups is 2. The molecule has 4 rings (SSSR count). The van der Waals surface area contributed by atoms with Crippen LogP contribution in [0.3, 0.4) is 0 Å². The van der Waals surface area contributed by atoms with Crippen LogP contribution in [0.2, 0.25) is 0 Å². The Morgan fingerprint density at radius 1 is 1.19 bits per heavy atom. The Morgan fingerprint density at radius 3 is 2.65 bits per heavy atom. The van der Waals surface area contributed by atoms with Crippen LogP contribution in [0.25, 0.3) is 0 Å². The van der Waals surface area contributed by atoms with Crippen molar-refractivity contribution in [2.45, 2.75) is 46.1 Å². The molecule has 5 heteroatoms. The molecule has 2 aliphatic carbocycles. The Bertz CT molecular complexity index is 806. The van der Waals surface area contributed by atoms with Crippen molar-refractivity contribution in [3.05, 3.63) is 58.1 Å². The van der Waals surface area contributed by atoms with E-state index in [1.165, 1.54) is 6.08 Å². The number of aliphatic hydroxyl groups excluding tert-OH is 2. The lowest BCUT2D eigenvalue weighted by Crippen LogP contribution is -2.34. The van der Waals surface area contributed by atoms with Gasteiger partial charge in [-0.1, -0.05) is 25.2 Å².